The van der Waals surface area contributed by atoms with Gasteiger partial charge in [-0.15, -0.1) is 11.3 Å². The summed E-state index contributed by atoms with van der Waals surface area (Å²) in [7, 11) is 0. The van der Waals surface area contributed by atoms with Crippen molar-refractivity contribution in [2.75, 3.05) is 5.73 Å². The lowest BCUT2D eigenvalue weighted by Crippen LogP contribution is -1.88. The van der Waals surface area contributed by atoms with Crippen molar-refractivity contribution in [3.8, 4) is 10.6 Å². The van der Waals surface area contributed by atoms with E-state index < -0.39 is 0 Å². The highest BCUT2D eigenvalue weighted by Gasteiger charge is 2.05. The monoisotopic (exact) mass is 266 g/mol. The molecule has 3 rings (SSSR count). The molecule has 0 aliphatic rings. The Morgan fingerprint density at radius 3 is 2.63 bits per heavy atom. The highest BCUT2D eigenvalue weighted by Crippen LogP contribution is 2.26. The molecule has 0 fully saturated rings. The summed E-state index contributed by atoms with van der Waals surface area (Å²) in [4.78, 5) is 4.68. The third-order valence-corrected chi connectivity index (χ3v) is 3.85. The molecule has 19 heavy (non-hydrogen) atoms. The Bertz CT molecular complexity index is 674. The van der Waals surface area contributed by atoms with E-state index in [1.807, 2.05) is 30.3 Å². The highest BCUT2D eigenvalue weighted by atomic mass is 32.1. The van der Waals surface area contributed by atoms with Gasteiger partial charge < -0.3 is 5.73 Å². The highest BCUT2D eigenvalue weighted by molar-refractivity contribution is 7.13. The van der Waals surface area contributed by atoms with Crippen molar-refractivity contribution < 1.29 is 0 Å². The molecular formula is C16H14N2S. The molecular weight excluding hydrogens is 252 g/mol. The van der Waals surface area contributed by atoms with Gasteiger partial charge in [-0.1, -0.05) is 42.5 Å². The minimum Gasteiger partial charge on any atom is -0.399 e. The zero-order valence-corrected chi connectivity index (χ0v) is 11.2. The maximum Gasteiger partial charge on any atom is 0.123 e. The number of aromatic nitrogens is 1. The van der Waals surface area contributed by atoms with Gasteiger partial charge in [0.05, 0.1) is 5.69 Å². The number of thiazole rings is 1. The molecule has 0 saturated carbocycles. The lowest BCUT2D eigenvalue weighted by atomic mass is 10.1. The zero-order valence-electron chi connectivity index (χ0n) is 10.4. The van der Waals surface area contributed by atoms with Crippen molar-refractivity contribution in [3.05, 3.63) is 71.2 Å². The summed E-state index contributed by atoms with van der Waals surface area (Å²) in [6.07, 6.45) is 0.875. The summed E-state index contributed by atoms with van der Waals surface area (Å²) in [6, 6.07) is 18.3. The Morgan fingerprint density at radius 2 is 1.84 bits per heavy atom. The van der Waals surface area contributed by atoms with Gasteiger partial charge >= 0.3 is 0 Å². The molecule has 0 aliphatic heterocycles. The lowest BCUT2D eigenvalue weighted by Gasteiger charge is -1.98. The fourth-order valence-electron chi connectivity index (χ4n) is 2.00. The molecule has 0 radical (unpaired) electrons. The minimum absolute atomic E-state index is 0.775. The summed E-state index contributed by atoms with van der Waals surface area (Å²) in [5.74, 6) is 0. The van der Waals surface area contributed by atoms with Gasteiger partial charge in [0.15, 0.2) is 0 Å². The van der Waals surface area contributed by atoms with Crippen LogP contribution in [-0.4, -0.2) is 4.98 Å². The summed E-state index contributed by atoms with van der Waals surface area (Å²) in [5.41, 5.74) is 10.1. The van der Waals surface area contributed by atoms with Gasteiger partial charge in [0.1, 0.15) is 5.01 Å². The molecule has 1 heterocycles. The van der Waals surface area contributed by atoms with E-state index in [0.717, 1.165) is 28.4 Å². The van der Waals surface area contributed by atoms with Crippen LogP contribution in [0.1, 0.15) is 11.3 Å². The Labute approximate surface area is 116 Å². The molecule has 1 aromatic heterocycles. The van der Waals surface area contributed by atoms with E-state index in [9.17, 15) is 0 Å². The Balaban J connectivity index is 1.84. The fraction of sp³-hybridized carbons (Fsp3) is 0.0625. The largest absolute Gasteiger partial charge is 0.399 e. The van der Waals surface area contributed by atoms with Crippen LogP contribution in [-0.2, 0) is 6.42 Å². The predicted molar refractivity (Wildman–Crippen MR) is 81.2 cm³/mol. The number of hydrogen-bond acceptors (Lipinski definition) is 3. The summed E-state index contributed by atoms with van der Waals surface area (Å²) >= 11 is 1.66. The van der Waals surface area contributed by atoms with Crippen molar-refractivity contribution in [1.29, 1.82) is 0 Å². The van der Waals surface area contributed by atoms with Crippen LogP contribution in [0.5, 0.6) is 0 Å². The van der Waals surface area contributed by atoms with Crippen LogP contribution in [0.4, 0.5) is 5.69 Å². The first-order valence-corrected chi connectivity index (χ1v) is 7.03. The van der Waals surface area contributed by atoms with Crippen molar-refractivity contribution in [2.24, 2.45) is 0 Å². The van der Waals surface area contributed by atoms with E-state index >= 15 is 0 Å². The van der Waals surface area contributed by atoms with Gasteiger partial charge in [0.2, 0.25) is 0 Å². The van der Waals surface area contributed by atoms with E-state index in [-0.39, 0.29) is 0 Å². The molecule has 0 saturated heterocycles. The smallest absolute Gasteiger partial charge is 0.123 e. The van der Waals surface area contributed by atoms with E-state index in [0.29, 0.717) is 0 Å². The first kappa shape index (κ1) is 11.9. The number of anilines is 1. The normalized spacial score (nSPS) is 10.5. The number of nitrogen functional groups attached to an aromatic ring is 1. The number of nitrogens with zero attached hydrogens (tertiary/aromatic N) is 1. The SMILES string of the molecule is Nc1cccc(-c2nc(Cc3ccccc3)cs2)c1. The van der Waals surface area contributed by atoms with E-state index in [1.54, 1.807) is 11.3 Å². The van der Waals surface area contributed by atoms with Crippen molar-refractivity contribution >= 4 is 17.0 Å². The Kier molecular flexibility index (Phi) is 3.29. The lowest BCUT2D eigenvalue weighted by molar-refractivity contribution is 1.11. The van der Waals surface area contributed by atoms with Gasteiger partial charge in [-0.25, -0.2) is 4.98 Å². The van der Waals surface area contributed by atoms with Crippen LogP contribution in [0.3, 0.4) is 0 Å². The van der Waals surface area contributed by atoms with Gasteiger partial charge in [-0.3, -0.25) is 0 Å². The number of rotatable bonds is 3. The quantitative estimate of drug-likeness (QED) is 0.728. The molecule has 2 nitrogen and oxygen atoms in total. The first-order chi connectivity index (χ1) is 9.31. The molecule has 94 valence electrons. The first-order valence-electron chi connectivity index (χ1n) is 6.15. The summed E-state index contributed by atoms with van der Waals surface area (Å²) in [5, 5.41) is 3.14. The molecule has 0 aliphatic carbocycles. The van der Waals surface area contributed by atoms with Crippen LogP contribution < -0.4 is 5.73 Å². The van der Waals surface area contributed by atoms with Crippen LogP contribution >= 0.6 is 11.3 Å². The predicted octanol–water partition coefficient (Wildman–Crippen LogP) is 3.98. The summed E-state index contributed by atoms with van der Waals surface area (Å²) in [6.45, 7) is 0. The second-order valence-electron chi connectivity index (χ2n) is 4.43. The fourth-order valence-corrected chi connectivity index (χ4v) is 2.81. The maximum absolute atomic E-state index is 5.80. The van der Waals surface area contributed by atoms with Crippen molar-refractivity contribution in [3.63, 3.8) is 0 Å². The van der Waals surface area contributed by atoms with Crippen molar-refractivity contribution in [1.82, 2.24) is 4.98 Å². The molecule has 0 atom stereocenters. The van der Waals surface area contributed by atoms with Crippen LogP contribution in [0.15, 0.2) is 60.0 Å². The topological polar surface area (TPSA) is 38.9 Å². The standard InChI is InChI=1S/C16H14N2S/c17-14-8-4-7-13(10-14)16-18-15(11-19-16)9-12-5-2-1-3-6-12/h1-8,10-11H,9,17H2. The minimum atomic E-state index is 0.775. The molecule has 2 aromatic carbocycles. The zero-order chi connectivity index (χ0) is 13.1. The average molecular weight is 266 g/mol. The van der Waals surface area contributed by atoms with E-state index in [2.05, 4.69) is 34.6 Å². The van der Waals surface area contributed by atoms with Crippen molar-refractivity contribution in [2.45, 2.75) is 6.42 Å². The molecule has 0 bridgehead atoms. The number of hydrogen-bond donors (Lipinski definition) is 1. The maximum atomic E-state index is 5.80. The molecule has 0 amide bonds. The van der Waals surface area contributed by atoms with Crippen LogP contribution in [0, 0.1) is 0 Å². The Morgan fingerprint density at radius 1 is 1.00 bits per heavy atom. The van der Waals surface area contributed by atoms with Gasteiger partial charge in [0, 0.05) is 23.1 Å². The number of benzene rings is 2. The van der Waals surface area contributed by atoms with Gasteiger partial charge in [-0.2, -0.15) is 0 Å². The molecule has 3 heteroatoms. The Hall–Kier alpha value is -2.13. The molecule has 2 N–H and O–H groups in total. The third-order valence-electron chi connectivity index (χ3n) is 2.91. The second-order valence-corrected chi connectivity index (χ2v) is 5.29. The van der Waals surface area contributed by atoms with Crippen LogP contribution in [0.25, 0.3) is 10.6 Å². The third kappa shape index (κ3) is 2.83. The molecule has 0 spiro atoms. The molecule has 3 aromatic rings. The second kappa shape index (κ2) is 5.24. The average Bonchev–Trinajstić information content (AvgIpc) is 2.88. The summed E-state index contributed by atoms with van der Waals surface area (Å²) < 4.78 is 0. The van der Waals surface area contributed by atoms with Crippen LogP contribution in [0.2, 0.25) is 0 Å². The molecule has 0 unspecified atom stereocenters. The van der Waals surface area contributed by atoms with Gasteiger partial charge in [-0.05, 0) is 17.7 Å². The number of nitrogens with two attached hydrogens (primary N) is 1. The van der Waals surface area contributed by atoms with Gasteiger partial charge in [0.25, 0.3) is 0 Å². The van der Waals surface area contributed by atoms with E-state index in [1.165, 1.54) is 5.56 Å². The van der Waals surface area contributed by atoms with E-state index in [4.69, 9.17) is 5.73 Å².